The van der Waals surface area contributed by atoms with E-state index in [-0.39, 0.29) is 6.61 Å². The van der Waals surface area contributed by atoms with E-state index in [9.17, 15) is 0 Å². The van der Waals surface area contributed by atoms with E-state index in [4.69, 9.17) is 9.84 Å². The Morgan fingerprint density at radius 1 is 1.35 bits per heavy atom. The van der Waals surface area contributed by atoms with Gasteiger partial charge in [0, 0.05) is 25.8 Å². The number of ether oxygens (including phenoxy) is 1. The normalized spacial score (nSPS) is 10.3. The van der Waals surface area contributed by atoms with Gasteiger partial charge in [-0.05, 0) is 12.1 Å². The molecule has 2 rings (SSSR count). The molecule has 0 aliphatic heterocycles. The highest BCUT2D eigenvalue weighted by molar-refractivity contribution is 7.13. The monoisotopic (exact) mass is 251 g/mol. The average molecular weight is 251 g/mol. The second-order valence-electron chi connectivity index (χ2n) is 3.61. The lowest BCUT2D eigenvalue weighted by Crippen LogP contribution is -2.08. The number of aromatic nitrogens is 2. The largest absolute Gasteiger partial charge is 0.430 e. The molecule has 0 fully saturated rings. The molecule has 90 valence electrons. The zero-order valence-electron chi connectivity index (χ0n) is 9.62. The van der Waals surface area contributed by atoms with Crippen molar-refractivity contribution in [2.75, 3.05) is 19.0 Å². The first-order valence-electron chi connectivity index (χ1n) is 5.07. The van der Waals surface area contributed by atoms with Gasteiger partial charge >= 0.3 is 0 Å². The fourth-order valence-electron chi connectivity index (χ4n) is 1.27. The number of hydrogen-bond acceptors (Lipinski definition) is 6. The predicted molar refractivity (Wildman–Crippen MR) is 66.7 cm³/mol. The molecule has 6 heteroatoms. The van der Waals surface area contributed by atoms with Gasteiger partial charge in [-0.1, -0.05) is 22.5 Å². The fourth-order valence-corrected chi connectivity index (χ4v) is 1.84. The summed E-state index contributed by atoms with van der Waals surface area (Å²) in [5.74, 6) is 0.705. The van der Waals surface area contributed by atoms with E-state index < -0.39 is 0 Å². The van der Waals surface area contributed by atoms with Crippen LogP contribution in [0.4, 0.5) is 5.69 Å². The fraction of sp³-hybridized carbons (Fsp3) is 0.273. The number of rotatable bonds is 4. The summed E-state index contributed by atoms with van der Waals surface area (Å²) in [6.07, 6.45) is 0. The Morgan fingerprint density at radius 3 is 2.82 bits per heavy atom. The van der Waals surface area contributed by atoms with E-state index in [0.29, 0.717) is 16.0 Å². The van der Waals surface area contributed by atoms with Crippen LogP contribution >= 0.6 is 11.3 Å². The highest BCUT2D eigenvalue weighted by Crippen LogP contribution is 2.27. The van der Waals surface area contributed by atoms with Crippen LogP contribution in [0.1, 0.15) is 5.01 Å². The number of benzene rings is 1. The van der Waals surface area contributed by atoms with Gasteiger partial charge in [0.1, 0.15) is 10.8 Å². The first-order valence-corrected chi connectivity index (χ1v) is 5.89. The SMILES string of the molecule is CN(C)c1cccc(Oc2nnc(CO)s2)c1. The molecule has 0 bridgehead atoms. The van der Waals surface area contributed by atoms with E-state index in [0.717, 1.165) is 5.69 Å². The van der Waals surface area contributed by atoms with Gasteiger partial charge < -0.3 is 14.7 Å². The Kier molecular flexibility index (Phi) is 3.55. The third kappa shape index (κ3) is 2.92. The second-order valence-corrected chi connectivity index (χ2v) is 4.64. The topological polar surface area (TPSA) is 58.5 Å². The average Bonchev–Trinajstić information content (AvgIpc) is 2.77. The van der Waals surface area contributed by atoms with E-state index in [1.54, 1.807) is 0 Å². The van der Waals surface area contributed by atoms with Crippen LogP contribution in [0.2, 0.25) is 0 Å². The molecule has 0 atom stereocenters. The van der Waals surface area contributed by atoms with Crippen LogP contribution < -0.4 is 9.64 Å². The molecule has 1 aromatic heterocycles. The van der Waals surface area contributed by atoms with E-state index in [2.05, 4.69) is 10.2 Å². The highest BCUT2D eigenvalue weighted by Gasteiger charge is 2.06. The Balaban J connectivity index is 2.15. The molecule has 1 heterocycles. The third-order valence-corrected chi connectivity index (χ3v) is 2.91. The van der Waals surface area contributed by atoms with Crippen LogP contribution in [0, 0.1) is 0 Å². The van der Waals surface area contributed by atoms with Crippen molar-refractivity contribution in [1.82, 2.24) is 10.2 Å². The van der Waals surface area contributed by atoms with Gasteiger partial charge in [0.25, 0.3) is 5.19 Å². The Labute approximate surface area is 103 Å². The minimum atomic E-state index is -0.112. The molecular formula is C11H13N3O2S. The molecule has 1 aromatic carbocycles. The smallest absolute Gasteiger partial charge is 0.299 e. The van der Waals surface area contributed by atoms with Crippen LogP contribution in [0.5, 0.6) is 10.9 Å². The number of aliphatic hydroxyl groups excluding tert-OH is 1. The molecule has 17 heavy (non-hydrogen) atoms. The number of aliphatic hydroxyl groups is 1. The zero-order chi connectivity index (χ0) is 12.3. The maximum Gasteiger partial charge on any atom is 0.299 e. The highest BCUT2D eigenvalue weighted by atomic mass is 32.1. The maximum absolute atomic E-state index is 8.88. The number of nitrogens with zero attached hydrogens (tertiary/aromatic N) is 3. The minimum Gasteiger partial charge on any atom is -0.430 e. The molecule has 0 radical (unpaired) electrons. The van der Waals surface area contributed by atoms with Crippen LogP contribution in [-0.2, 0) is 6.61 Å². The van der Waals surface area contributed by atoms with Gasteiger partial charge in [-0.3, -0.25) is 0 Å². The summed E-state index contributed by atoms with van der Waals surface area (Å²) in [5.41, 5.74) is 1.05. The lowest BCUT2D eigenvalue weighted by atomic mass is 10.3. The molecule has 0 amide bonds. The van der Waals surface area contributed by atoms with Gasteiger partial charge in [0.05, 0.1) is 6.61 Å². The Bertz CT molecular complexity index is 499. The minimum absolute atomic E-state index is 0.112. The molecule has 0 spiro atoms. The van der Waals surface area contributed by atoms with Crippen molar-refractivity contribution in [3.63, 3.8) is 0 Å². The lowest BCUT2D eigenvalue weighted by molar-refractivity contribution is 0.280. The summed E-state index contributed by atoms with van der Waals surface area (Å²) in [5, 5.41) is 17.5. The molecule has 0 unspecified atom stereocenters. The van der Waals surface area contributed by atoms with Gasteiger partial charge in [-0.15, -0.1) is 5.10 Å². The van der Waals surface area contributed by atoms with E-state index in [1.807, 2.05) is 43.3 Å². The van der Waals surface area contributed by atoms with E-state index >= 15 is 0 Å². The summed E-state index contributed by atoms with van der Waals surface area (Å²) in [6.45, 7) is -0.112. The summed E-state index contributed by atoms with van der Waals surface area (Å²) in [4.78, 5) is 1.99. The molecule has 0 aliphatic rings. The van der Waals surface area contributed by atoms with Crippen LogP contribution in [0.25, 0.3) is 0 Å². The first-order chi connectivity index (χ1) is 8.19. The third-order valence-electron chi connectivity index (χ3n) is 2.12. The molecule has 2 aromatic rings. The summed E-state index contributed by atoms with van der Waals surface area (Å²) < 4.78 is 5.56. The van der Waals surface area contributed by atoms with Crippen molar-refractivity contribution < 1.29 is 9.84 Å². The van der Waals surface area contributed by atoms with Crippen LogP contribution in [0.15, 0.2) is 24.3 Å². The van der Waals surface area contributed by atoms with Crippen LogP contribution in [-0.4, -0.2) is 29.4 Å². The number of anilines is 1. The van der Waals surface area contributed by atoms with Gasteiger partial charge in [-0.2, -0.15) is 0 Å². The quantitative estimate of drug-likeness (QED) is 0.899. The van der Waals surface area contributed by atoms with Crippen molar-refractivity contribution >= 4 is 17.0 Å². The summed E-state index contributed by atoms with van der Waals surface area (Å²) in [7, 11) is 3.93. The first kappa shape index (κ1) is 11.8. The summed E-state index contributed by atoms with van der Waals surface area (Å²) in [6, 6.07) is 7.68. The van der Waals surface area contributed by atoms with Crippen molar-refractivity contribution in [2.45, 2.75) is 6.61 Å². The maximum atomic E-state index is 8.88. The number of hydrogen-bond donors (Lipinski definition) is 1. The summed E-state index contributed by atoms with van der Waals surface area (Å²) >= 11 is 1.23. The molecule has 5 nitrogen and oxygen atoms in total. The van der Waals surface area contributed by atoms with Crippen molar-refractivity contribution in [3.05, 3.63) is 29.3 Å². The predicted octanol–water partition coefficient (Wildman–Crippen LogP) is 1.89. The molecule has 0 saturated carbocycles. The standard InChI is InChI=1S/C11H13N3O2S/c1-14(2)8-4-3-5-9(6-8)16-11-13-12-10(7-15)17-11/h3-6,15H,7H2,1-2H3. The van der Waals surface area contributed by atoms with Gasteiger partial charge in [0.2, 0.25) is 0 Å². The van der Waals surface area contributed by atoms with Gasteiger partial charge in [0.15, 0.2) is 0 Å². The zero-order valence-corrected chi connectivity index (χ0v) is 10.4. The van der Waals surface area contributed by atoms with Crippen molar-refractivity contribution in [3.8, 4) is 10.9 Å². The van der Waals surface area contributed by atoms with Crippen molar-refractivity contribution in [1.29, 1.82) is 0 Å². The van der Waals surface area contributed by atoms with E-state index in [1.165, 1.54) is 11.3 Å². The van der Waals surface area contributed by atoms with Crippen molar-refractivity contribution in [2.24, 2.45) is 0 Å². The Hall–Kier alpha value is -1.66. The van der Waals surface area contributed by atoms with Crippen LogP contribution in [0.3, 0.4) is 0 Å². The van der Waals surface area contributed by atoms with Gasteiger partial charge in [-0.25, -0.2) is 0 Å². The Morgan fingerprint density at radius 2 is 2.18 bits per heavy atom. The molecule has 0 saturated heterocycles. The molecular weight excluding hydrogens is 238 g/mol. The molecule has 0 aliphatic carbocycles. The second kappa shape index (κ2) is 5.11. The molecule has 1 N–H and O–H groups in total. The lowest BCUT2D eigenvalue weighted by Gasteiger charge is -2.12.